The van der Waals surface area contributed by atoms with Crippen LogP contribution < -0.4 is 19.7 Å². The summed E-state index contributed by atoms with van der Waals surface area (Å²) in [5.74, 6) is 1.26. The average molecular weight is 424 g/mol. The van der Waals surface area contributed by atoms with Gasteiger partial charge in [0.1, 0.15) is 5.01 Å². The highest BCUT2D eigenvalue weighted by Gasteiger charge is 2.18. The Morgan fingerprint density at radius 3 is 2.77 bits per heavy atom. The van der Waals surface area contributed by atoms with E-state index >= 15 is 0 Å². The molecule has 156 valence electrons. The summed E-state index contributed by atoms with van der Waals surface area (Å²) < 4.78 is 10.7. The first-order valence-electron chi connectivity index (χ1n) is 9.95. The highest BCUT2D eigenvalue weighted by molar-refractivity contribution is 7.13. The van der Waals surface area contributed by atoms with Crippen molar-refractivity contribution in [2.45, 2.75) is 19.8 Å². The molecular formula is C23H25N3O3S. The molecule has 0 radical (unpaired) electrons. The van der Waals surface area contributed by atoms with Crippen molar-refractivity contribution < 1.29 is 14.3 Å². The second kappa shape index (κ2) is 8.75. The van der Waals surface area contributed by atoms with Crippen molar-refractivity contribution in [2.75, 3.05) is 37.5 Å². The number of ether oxygens (including phenoxy) is 2. The summed E-state index contributed by atoms with van der Waals surface area (Å²) >= 11 is 1.51. The molecule has 0 unspecified atom stereocenters. The maximum Gasteiger partial charge on any atom is 0.230 e. The fourth-order valence-electron chi connectivity index (χ4n) is 3.71. The van der Waals surface area contributed by atoms with Gasteiger partial charge in [0, 0.05) is 35.4 Å². The Balaban J connectivity index is 1.44. The number of carbonyl (C=O) groups is 1. The maximum absolute atomic E-state index is 12.6. The Morgan fingerprint density at radius 1 is 1.17 bits per heavy atom. The van der Waals surface area contributed by atoms with Gasteiger partial charge in [0.25, 0.3) is 0 Å². The lowest BCUT2D eigenvalue weighted by molar-refractivity contribution is -0.115. The second-order valence-corrected chi connectivity index (χ2v) is 7.97. The van der Waals surface area contributed by atoms with Crippen molar-refractivity contribution in [1.29, 1.82) is 0 Å². The first kappa shape index (κ1) is 20.2. The predicted molar refractivity (Wildman–Crippen MR) is 121 cm³/mol. The van der Waals surface area contributed by atoms with Gasteiger partial charge < -0.3 is 19.7 Å². The Kier molecular flexibility index (Phi) is 5.90. The van der Waals surface area contributed by atoms with Crippen LogP contribution in [0.2, 0.25) is 0 Å². The van der Waals surface area contributed by atoms with Crippen molar-refractivity contribution in [3.8, 4) is 22.1 Å². The molecule has 0 saturated carbocycles. The summed E-state index contributed by atoms with van der Waals surface area (Å²) in [4.78, 5) is 19.5. The second-order valence-electron chi connectivity index (χ2n) is 7.11. The molecule has 0 bridgehead atoms. The molecule has 2 heterocycles. The first-order chi connectivity index (χ1) is 14.6. The van der Waals surface area contributed by atoms with Crippen LogP contribution in [0.3, 0.4) is 0 Å². The van der Waals surface area contributed by atoms with E-state index in [0.29, 0.717) is 11.5 Å². The highest BCUT2D eigenvalue weighted by Crippen LogP contribution is 2.34. The molecule has 0 saturated heterocycles. The molecule has 1 aromatic heterocycles. The van der Waals surface area contributed by atoms with Crippen LogP contribution in [0, 0.1) is 0 Å². The number of nitrogens with zero attached hydrogens (tertiary/aromatic N) is 2. The third kappa shape index (κ3) is 4.11. The van der Waals surface area contributed by atoms with Crippen LogP contribution in [0.25, 0.3) is 10.6 Å². The van der Waals surface area contributed by atoms with Gasteiger partial charge in [-0.3, -0.25) is 4.79 Å². The van der Waals surface area contributed by atoms with Crippen molar-refractivity contribution in [1.82, 2.24) is 4.98 Å². The van der Waals surface area contributed by atoms with E-state index in [1.807, 2.05) is 29.6 Å². The van der Waals surface area contributed by atoms with E-state index in [1.165, 1.54) is 22.6 Å². The molecular weight excluding hydrogens is 398 g/mol. The number of fused-ring (bicyclic) bond motifs is 1. The third-order valence-corrected chi connectivity index (χ3v) is 6.21. The van der Waals surface area contributed by atoms with Crippen molar-refractivity contribution in [3.63, 3.8) is 0 Å². The Bertz CT molecular complexity index is 1060. The zero-order chi connectivity index (χ0) is 21.1. The smallest absolute Gasteiger partial charge is 0.230 e. The number of methoxy groups -OCH3 is 2. The molecule has 0 atom stereocenters. The Hall–Kier alpha value is -3.06. The maximum atomic E-state index is 12.6. The number of carbonyl (C=O) groups excluding carboxylic acids is 1. The number of amides is 1. The van der Waals surface area contributed by atoms with Crippen LogP contribution in [0.4, 0.5) is 11.4 Å². The number of thiazole rings is 1. The molecule has 3 aromatic rings. The van der Waals surface area contributed by atoms with Gasteiger partial charge in [0.15, 0.2) is 11.5 Å². The molecule has 0 spiro atoms. The number of rotatable bonds is 7. The fraction of sp³-hybridized carbons (Fsp3) is 0.304. The molecule has 0 fully saturated rings. The summed E-state index contributed by atoms with van der Waals surface area (Å²) in [6.07, 6.45) is 1.30. The fourth-order valence-corrected chi connectivity index (χ4v) is 4.53. The average Bonchev–Trinajstić information content (AvgIpc) is 3.39. The van der Waals surface area contributed by atoms with Gasteiger partial charge in [-0.25, -0.2) is 4.98 Å². The topological polar surface area (TPSA) is 63.7 Å². The lowest BCUT2D eigenvalue weighted by atomic mass is 10.1. The summed E-state index contributed by atoms with van der Waals surface area (Å²) in [5, 5.41) is 5.78. The molecule has 1 amide bonds. The van der Waals surface area contributed by atoms with Crippen LogP contribution in [0.15, 0.2) is 41.8 Å². The number of aromatic nitrogens is 1. The quantitative estimate of drug-likeness (QED) is 0.611. The summed E-state index contributed by atoms with van der Waals surface area (Å²) in [6, 6.07) is 11.8. The molecule has 1 aliphatic rings. The normalized spacial score (nSPS) is 12.6. The van der Waals surface area contributed by atoms with E-state index < -0.39 is 0 Å². The summed E-state index contributed by atoms with van der Waals surface area (Å²) in [5.41, 5.74) is 5.07. The number of anilines is 2. The lowest BCUT2D eigenvalue weighted by Gasteiger charge is -2.17. The lowest BCUT2D eigenvalue weighted by Crippen LogP contribution is -2.19. The van der Waals surface area contributed by atoms with Crippen LogP contribution in [-0.2, 0) is 17.6 Å². The highest BCUT2D eigenvalue weighted by atomic mass is 32.1. The molecule has 1 aliphatic heterocycles. The molecule has 4 rings (SSSR count). The molecule has 7 heteroatoms. The number of nitrogens with one attached hydrogen (secondary N) is 1. The van der Waals surface area contributed by atoms with E-state index in [1.54, 1.807) is 14.2 Å². The van der Waals surface area contributed by atoms with E-state index in [2.05, 4.69) is 34.3 Å². The summed E-state index contributed by atoms with van der Waals surface area (Å²) in [6.45, 7) is 4.17. The monoisotopic (exact) mass is 423 g/mol. The number of hydrogen-bond acceptors (Lipinski definition) is 6. The van der Waals surface area contributed by atoms with Gasteiger partial charge in [0.05, 0.1) is 26.3 Å². The molecule has 30 heavy (non-hydrogen) atoms. The zero-order valence-corrected chi connectivity index (χ0v) is 18.2. The van der Waals surface area contributed by atoms with Crippen molar-refractivity contribution in [3.05, 3.63) is 53.0 Å². The van der Waals surface area contributed by atoms with Gasteiger partial charge in [-0.05, 0) is 49.2 Å². The van der Waals surface area contributed by atoms with Crippen molar-refractivity contribution in [2.24, 2.45) is 0 Å². The van der Waals surface area contributed by atoms with E-state index in [4.69, 9.17) is 9.47 Å². The van der Waals surface area contributed by atoms with Crippen molar-refractivity contribution >= 4 is 28.6 Å². The van der Waals surface area contributed by atoms with Crippen LogP contribution in [0.5, 0.6) is 11.5 Å². The minimum Gasteiger partial charge on any atom is -0.493 e. The van der Waals surface area contributed by atoms with E-state index in [9.17, 15) is 4.79 Å². The standard InChI is InChI=1S/C23H25N3O3S/c1-4-26-10-9-15-5-7-17(12-19(15)26)24-22(27)13-18-14-30-23(25-18)16-6-8-20(28-2)21(11-16)29-3/h5-8,11-12,14H,4,9-10,13H2,1-3H3,(H,24,27). The van der Waals surface area contributed by atoms with Gasteiger partial charge in [-0.15, -0.1) is 11.3 Å². The van der Waals surface area contributed by atoms with Crippen LogP contribution in [0.1, 0.15) is 18.2 Å². The van der Waals surface area contributed by atoms with Crippen LogP contribution in [-0.4, -0.2) is 38.2 Å². The number of hydrogen-bond donors (Lipinski definition) is 1. The molecule has 0 aliphatic carbocycles. The minimum absolute atomic E-state index is 0.0693. The van der Waals surface area contributed by atoms with Gasteiger partial charge >= 0.3 is 0 Å². The number of benzene rings is 2. The third-order valence-electron chi connectivity index (χ3n) is 5.27. The minimum atomic E-state index is -0.0693. The zero-order valence-electron chi connectivity index (χ0n) is 17.4. The van der Waals surface area contributed by atoms with Gasteiger partial charge in [0.2, 0.25) is 5.91 Å². The van der Waals surface area contributed by atoms with Crippen LogP contribution >= 0.6 is 11.3 Å². The molecule has 1 N–H and O–H groups in total. The largest absolute Gasteiger partial charge is 0.493 e. The van der Waals surface area contributed by atoms with Gasteiger partial charge in [-0.1, -0.05) is 6.07 Å². The predicted octanol–water partition coefficient (Wildman–Crippen LogP) is 4.39. The van der Waals surface area contributed by atoms with E-state index in [-0.39, 0.29) is 12.3 Å². The summed E-state index contributed by atoms with van der Waals surface area (Å²) in [7, 11) is 3.22. The molecule has 2 aromatic carbocycles. The SMILES string of the molecule is CCN1CCc2ccc(NC(=O)Cc3csc(-c4ccc(OC)c(OC)c4)n3)cc21. The van der Waals surface area contributed by atoms with Gasteiger partial charge in [-0.2, -0.15) is 0 Å². The number of likely N-dealkylation sites (N-methyl/N-ethyl adjacent to an activating group) is 1. The Morgan fingerprint density at radius 2 is 2.00 bits per heavy atom. The Labute approximate surface area is 180 Å². The first-order valence-corrected chi connectivity index (χ1v) is 10.8. The van der Waals surface area contributed by atoms with E-state index in [0.717, 1.165) is 41.5 Å². The molecule has 6 nitrogen and oxygen atoms in total.